The minimum Gasteiger partial charge on any atom is -0.508 e. The van der Waals surface area contributed by atoms with Crippen molar-refractivity contribution in [1.29, 1.82) is 0 Å². The average Bonchev–Trinajstić information content (AvgIpc) is 4.24. The molecule has 3 fully saturated rings. The average molecular weight is 996 g/mol. The largest absolute Gasteiger partial charge is 0.508 e. The maximum Gasteiger partial charge on any atom is 0.252 e. The number of para-hydroxylation sites is 2. The van der Waals surface area contributed by atoms with Crippen LogP contribution in [-0.4, -0.2) is 116 Å². The van der Waals surface area contributed by atoms with Crippen molar-refractivity contribution < 1.29 is 38.7 Å². The van der Waals surface area contributed by atoms with Gasteiger partial charge in [-0.15, -0.1) is 0 Å². The molecular weight excluding hydrogens is 939 g/mol. The Kier molecular flexibility index (Phi) is 12.5. The first kappa shape index (κ1) is 48.0. The van der Waals surface area contributed by atoms with Crippen LogP contribution in [-0.2, 0) is 64.8 Å². The first-order chi connectivity index (χ1) is 35.8. The molecule has 5 aromatic carbocycles. The first-order valence-corrected chi connectivity index (χ1v) is 25.3. The molecule has 74 heavy (non-hydrogen) atoms. The molecule has 9 atom stereocenters. The second-order valence-electron chi connectivity index (χ2n) is 20.2. The fourth-order valence-electron chi connectivity index (χ4n) is 12.1. The molecule has 3 saturated heterocycles. The lowest BCUT2D eigenvalue weighted by molar-refractivity contribution is -0.147. The second kappa shape index (κ2) is 19.3. The van der Waals surface area contributed by atoms with Crippen molar-refractivity contribution in [3.63, 3.8) is 0 Å². The number of amides is 7. The lowest BCUT2D eigenvalue weighted by atomic mass is 9.78. The molecule has 11 rings (SSSR count). The molecule has 7 amide bonds. The lowest BCUT2D eigenvalue weighted by Gasteiger charge is -2.49. The Morgan fingerprint density at radius 2 is 1.27 bits per heavy atom. The van der Waals surface area contributed by atoms with Crippen molar-refractivity contribution in [2.75, 3.05) is 11.4 Å². The summed E-state index contributed by atoms with van der Waals surface area (Å²) in [6.07, 6.45) is 2.10. The van der Waals surface area contributed by atoms with Crippen LogP contribution in [0, 0.1) is 0 Å². The number of rotatable bonds is 6. The lowest BCUT2D eigenvalue weighted by Crippen LogP contribution is -2.68. The van der Waals surface area contributed by atoms with Gasteiger partial charge in [-0.2, -0.15) is 0 Å². The first-order valence-electron chi connectivity index (χ1n) is 25.3. The summed E-state index contributed by atoms with van der Waals surface area (Å²) in [5, 5.41) is 22.5. The minimum atomic E-state index is -1.26. The summed E-state index contributed by atoms with van der Waals surface area (Å²) in [7, 11) is 0. The van der Waals surface area contributed by atoms with E-state index in [1.807, 2.05) is 115 Å². The molecule has 1 spiro atoms. The molecule has 0 unspecified atom stereocenters. The number of piperidine rings is 1. The Balaban J connectivity index is 1.04. The molecule has 0 radical (unpaired) electrons. The summed E-state index contributed by atoms with van der Waals surface area (Å²) < 4.78 is 2.08. The quantitative estimate of drug-likeness (QED) is 0.144. The molecule has 5 aliphatic rings. The molecule has 6 aromatic rings. The highest BCUT2D eigenvalue weighted by Crippen LogP contribution is 2.57. The fraction of sp³-hybridized carbons (Fsp3) is 0.316. The zero-order valence-corrected chi connectivity index (χ0v) is 40.7. The van der Waals surface area contributed by atoms with Gasteiger partial charge < -0.3 is 46.5 Å². The van der Waals surface area contributed by atoms with E-state index in [9.17, 15) is 29.1 Å². The number of nitrogens with two attached hydrogens (primary N) is 1. The van der Waals surface area contributed by atoms with Gasteiger partial charge in [-0.3, -0.25) is 38.5 Å². The summed E-state index contributed by atoms with van der Waals surface area (Å²) in [6, 6.07) is 32.1. The molecule has 1 aromatic heterocycles. The third kappa shape index (κ3) is 8.39. The van der Waals surface area contributed by atoms with E-state index in [0.29, 0.717) is 23.2 Å². The number of nitrogens with one attached hydrogen (secondary N) is 4. The van der Waals surface area contributed by atoms with Gasteiger partial charge in [-0.1, -0.05) is 109 Å². The Labute approximate surface area is 427 Å². The number of phenols is 1. The zero-order chi connectivity index (χ0) is 51.4. The standard InChI is InChI=1S/C57H57N9O8/c1-33-49(68)62-44-31-57(40-18-9-11-20-46(40)65-55(74)48(66(54(44)73)56(57)65)29-35-15-6-3-7-16-35)64-32-37(39-17-8-10-19-45(39)64)30-41(58)50(69)61-43(28-34-13-4-2-5-14-34)53(72)63-26-12-21-47(63)52(71)60-42(51(70)59-33)27-36-22-24-38(67)25-23-36/h2-11,13-20,22-25,32-33,41-44,47-48,56,67H,12,21,26-31,58H2,1H3,(H,59,70)(H,60,71)(H,61,69)(H,62,68)/t33-,41-,42-,43-,44-,47-,48-,56-,57+/m0/s1. The van der Waals surface area contributed by atoms with Gasteiger partial charge in [0.05, 0.1) is 11.7 Å². The number of hydrogen-bond acceptors (Lipinski definition) is 9. The van der Waals surface area contributed by atoms with Crippen LogP contribution in [0.15, 0.2) is 140 Å². The van der Waals surface area contributed by atoms with Crippen LogP contribution in [0.3, 0.4) is 0 Å². The van der Waals surface area contributed by atoms with Crippen LogP contribution in [0.5, 0.6) is 5.75 Å². The molecule has 378 valence electrons. The number of fused-ring (bicyclic) bond motifs is 9. The van der Waals surface area contributed by atoms with Gasteiger partial charge in [0.2, 0.25) is 35.4 Å². The third-order valence-corrected chi connectivity index (χ3v) is 15.6. The van der Waals surface area contributed by atoms with Gasteiger partial charge in [-0.25, -0.2) is 0 Å². The van der Waals surface area contributed by atoms with Crippen molar-refractivity contribution in [2.24, 2.45) is 5.73 Å². The SMILES string of the molecule is C[C@@H]1NC(=O)[C@H](Cc2ccc(O)cc2)NC(=O)[C@@H]2CCCN2C(=O)[C@H](Cc2ccccc2)NC(=O)[C@@H](N)Cc2cn(c3ccccc23)[C@]23C[C@H](NC1=O)C(=O)N1[C@@H](Cc4ccccc4)C(=O)N(c4ccccc42)[C@@H]13. The molecule has 17 heteroatoms. The molecule has 0 aliphatic carbocycles. The summed E-state index contributed by atoms with van der Waals surface area (Å²) in [6.45, 7) is 1.71. The summed E-state index contributed by atoms with van der Waals surface area (Å²) in [5.41, 5.74) is 10.7. The Hall–Kier alpha value is -8.31. The third-order valence-electron chi connectivity index (χ3n) is 15.6. The summed E-state index contributed by atoms with van der Waals surface area (Å²) >= 11 is 0. The van der Waals surface area contributed by atoms with Crippen LogP contribution in [0.1, 0.15) is 54.0 Å². The molecular formula is C57H57N9O8. The van der Waals surface area contributed by atoms with Crippen LogP contribution in [0.25, 0.3) is 10.9 Å². The maximum absolute atomic E-state index is 15.4. The smallest absolute Gasteiger partial charge is 0.252 e. The number of hydrogen-bond donors (Lipinski definition) is 6. The fourth-order valence-corrected chi connectivity index (χ4v) is 12.1. The number of aromatic nitrogens is 1. The molecule has 4 bridgehead atoms. The van der Waals surface area contributed by atoms with Gasteiger partial charge in [0.15, 0.2) is 0 Å². The number of phenolic OH excluding ortho intramolecular Hbond substituents is 1. The van der Waals surface area contributed by atoms with E-state index in [1.54, 1.807) is 21.9 Å². The Bertz CT molecular complexity index is 3200. The van der Waals surface area contributed by atoms with Crippen LogP contribution in [0.2, 0.25) is 0 Å². The van der Waals surface area contributed by atoms with E-state index in [4.69, 9.17) is 5.73 Å². The number of nitrogens with zero attached hydrogens (tertiary/aromatic N) is 4. The predicted octanol–water partition coefficient (Wildman–Crippen LogP) is 2.94. The van der Waals surface area contributed by atoms with E-state index in [-0.39, 0.29) is 56.7 Å². The van der Waals surface area contributed by atoms with Crippen molar-refractivity contribution >= 4 is 57.9 Å². The highest BCUT2D eigenvalue weighted by Gasteiger charge is 2.68. The number of benzene rings is 5. The van der Waals surface area contributed by atoms with Crippen LogP contribution < -0.4 is 31.9 Å². The summed E-state index contributed by atoms with van der Waals surface area (Å²) in [5.74, 6) is -3.80. The normalized spacial score (nSPS) is 27.3. The summed E-state index contributed by atoms with van der Waals surface area (Å²) in [4.78, 5) is 108. The van der Waals surface area contributed by atoms with Gasteiger partial charge in [0.1, 0.15) is 53.7 Å². The van der Waals surface area contributed by atoms with Crippen molar-refractivity contribution in [2.45, 2.75) is 106 Å². The number of aromatic hydroxyl groups is 1. The van der Waals surface area contributed by atoms with Crippen molar-refractivity contribution in [3.8, 4) is 5.75 Å². The molecule has 0 saturated carbocycles. The zero-order valence-electron chi connectivity index (χ0n) is 40.7. The van der Waals surface area contributed by atoms with E-state index in [1.165, 1.54) is 24.0 Å². The highest BCUT2D eigenvalue weighted by molar-refractivity contribution is 6.08. The van der Waals surface area contributed by atoms with Gasteiger partial charge in [0.25, 0.3) is 5.91 Å². The van der Waals surface area contributed by atoms with Crippen molar-refractivity contribution in [3.05, 3.63) is 167 Å². The number of carbonyl (C=O) groups is 7. The Morgan fingerprint density at radius 3 is 2.01 bits per heavy atom. The Morgan fingerprint density at radius 1 is 0.635 bits per heavy atom. The van der Waals surface area contributed by atoms with E-state index in [0.717, 1.165) is 27.6 Å². The van der Waals surface area contributed by atoms with E-state index < -0.39 is 89.4 Å². The predicted molar refractivity (Wildman–Crippen MR) is 274 cm³/mol. The van der Waals surface area contributed by atoms with Gasteiger partial charge in [-0.05, 0) is 72.7 Å². The van der Waals surface area contributed by atoms with Crippen LogP contribution in [0.4, 0.5) is 5.69 Å². The van der Waals surface area contributed by atoms with E-state index in [2.05, 4.69) is 25.8 Å². The highest BCUT2D eigenvalue weighted by atomic mass is 16.3. The van der Waals surface area contributed by atoms with Gasteiger partial charge >= 0.3 is 0 Å². The monoisotopic (exact) mass is 995 g/mol. The molecule has 5 aliphatic heterocycles. The van der Waals surface area contributed by atoms with Gasteiger partial charge in [0, 0.05) is 54.9 Å². The molecule has 7 N–H and O–H groups in total. The number of anilines is 1. The molecule has 17 nitrogen and oxygen atoms in total. The second-order valence-corrected chi connectivity index (χ2v) is 20.2. The van der Waals surface area contributed by atoms with Crippen molar-refractivity contribution in [1.82, 2.24) is 35.6 Å². The number of carbonyl (C=O) groups excluding carboxylic acids is 7. The van der Waals surface area contributed by atoms with Crippen LogP contribution >= 0.6 is 0 Å². The van der Waals surface area contributed by atoms with E-state index >= 15 is 9.59 Å². The maximum atomic E-state index is 15.4. The minimum absolute atomic E-state index is 0.00234. The molecule has 6 heterocycles. The topological polar surface area (TPSA) is 229 Å².